The highest BCUT2D eigenvalue weighted by Gasteiger charge is 2.26. The lowest BCUT2D eigenvalue weighted by Gasteiger charge is -2.19. The van der Waals surface area contributed by atoms with Crippen molar-refractivity contribution in [3.05, 3.63) is 12.3 Å². The number of carbonyl (C=O) groups is 1. The van der Waals surface area contributed by atoms with E-state index in [1.807, 2.05) is 0 Å². The molecule has 0 radical (unpaired) electrons. The molecule has 0 aromatic carbocycles. The van der Waals surface area contributed by atoms with Gasteiger partial charge in [-0.3, -0.25) is 9.89 Å². The first-order valence-corrected chi connectivity index (χ1v) is 4.46. The van der Waals surface area contributed by atoms with Crippen molar-refractivity contribution >= 4 is 23.3 Å². The van der Waals surface area contributed by atoms with Gasteiger partial charge in [0.2, 0.25) is 5.91 Å². The van der Waals surface area contributed by atoms with Crippen molar-refractivity contribution in [1.82, 2.24) is 10.2 Å². The van der Waals surface area contributed by atoms with Gasteiger partial charge in [-0.15, -0.1) is 11.6 Å². The molecular weight excluding hydrogens is 190 g/mol. The molecule has 5 heteroatoms. The molecule has 0 aliphatic carbocycles. The van der Waals surface area contributed by atoms with Crippen molar-refractivity contribution in [2.24, 2.45) is 5.41 Å². The van der Waals surface area contributed by atoms with Crippen molar-refractivity contribution in [3.63, 3.8) is 0 Å². The van der Waals surface area contributed by atoms with Crippen LogP contribution < -0.4 is 5.32 Å². The third kappa shape index (κ3) is 2.45. The van der Waals surface area contributed by atoms with Crippen LogP contribution in [-0.2, 0) is 4.79 Å². The average molecular weight is 202 g/mol. The minimum atomic E-state index is -0.563. The zero-order valence-electron chi connectivity index (χ0n) is 7.60. The Bertz CT molecular complexity index is 282. The summed E-state index contributed by atoms with van der Waals surface area (Å²) in [7, 11) is 0. The first-order valence-electron chi connectivity index (χ1n) is 3.93. The normalized spacial score (nSPS) is 11.3. The van der Waals surface area contributed by atoms with Gasteiger partial charge in [-0.25, -0.2) is 0 Å². The third-order valence-corrected chi connectivity index (χ3v) is 2.37. The molecule has 72 valence electrons. The van der Waals surface area contributed by atoms with E-state index in [4.69, 9.17) is 11.6 Å². The lowest BCUT2D eigenvalue weighted by atomic mass is 9.95. The Morgan fingerprint density at radius 2 is 2.46 bits per heavy atom. The Hall–Kier alpha value is -1.03. The van der Waals surface area contributed by atoms with Crippen LogP contribution in [0.1, 0.15) is 13.8 Å². The number of H-pyrrole nitrogens is 1. The second-order valence-electron chi connectivity index (χ2n) is 3.44. The number of amides is 1. The van der Waals surface area contributed by atoms with Gasteiger partial charge < -0.3 is 5.32 Å². The van der Waals surface area contributed by atoms with Crippen LogP contribution >= 0.6 is 11.6 Å². The second kappa shape index (κ2) is 3.79. The standard InChI is InChI=1S/C8H12ClN3O/c1-8(2,5-9)7(13)11-6-3-4-10-12-6/h3-4H,5H2,1-2H3,(H2,10,11,12,13). The van der Waals surface area contributed by atoms with Crippen LogP contribution in [-0.4, -0.2) is 22.0 Å². The molecule has 1 amide bonds. The summed E-state index contributed by atoms with van der Waals surface area (Å²) in [5, 5.41) is 9.02. The topological polar surface area (TPSA) is 57.8 Å². The fraction of sp³-hybridized carbons (Fsp3) is 0.500. The first-order chi connectivity index (χ1) is 6.06. The summed E-state index contributed by atoms with van der Waals surface area (Å²) in [5.41, 5.74) is -0.563. The maximum Gasteiger partial charge on any atom is 0.232 e. The average Bonchev–Trinajstić information content (AvgIpc) is 2.57. The number of aromatic amines is 1. The number of nitrogens with zero attached hydrogens (tertiary/aromatic N) is 1. The predicted octanol–water partition coefficient (Wildman–Crippen LogP) is 1.61. The SMILES string of the molecule is CC(C)(CCl)C(=O)Nc1ccn[nH]1. The van der Waals surface area contributed by atoms with Crippen LogP contribution in [0.15, 0.2) is 12.3 Å². The summed E-state index contributed by atoms with van der Waals surface area (Å²) in [4.78, 5) is 11.5. The zero-order valence-corrected chi connectivity index (χ0v) is 8.35. The predicted molar refractivity (Wildman–Crippen MR) is 51.7 cm³/mol. The molecule has 0 atom stereocenters. The van der Waals surface area contributed by atoms with Crippen LogP contribution in [0, 0.1) is 5.41 Å². The Balaban J connectivity index is 2.61. The lowest BCUT2D eigenvalue weighted by Crippen LogP contribution is -2.32. The molecule has 1 aromatic heterocycles. The van der Waals surface area contributed by atoms with E-state index in [0.29, 0.717) is 5.82 Å². The van der Waals surface area contributed by atoms with Gasteiger partial charge in [-0.05, 0) is 13.8 Å². The monoisotopic (exact) mass is 201 g/mol. The number of nitrogens with one attached hydrogen (secondary N) is 2. The van der Waals surface area contributed by atoms with Crippen LogP contribution in [0.4, 0.5) is 5.82 Å². The highest BCUT2D eigenvalue weighted by molar-refractivity contribution is 6.20. The van der Waals surface area contributed by atoms with E-state index in [0.717, 1.165) is 0 Å². The Morgan fingerprint density at radius 3 is 2.92 bits per heavy atom. The molecule has 4 nitrogen and oxygen atoms in total. The number of carbonyl (C=O) groups excluding carboxylic acids is 1. The van der Waals surface area contributed by atoms with Crippen LogP contribution in [0.25, 0.3) is 0 Å². The van der Waals surface area contributed by atoms with E-state index in [9.17, 15) is 4.79 Å². The molecular formula is C8H12ClN3O. The number of rotatable bonds is 3. The van der Waals surface area contributed by atoms with Gasteiger partial charge >= 0.3 is 0 Å². The molecule has 0 aliphatic heterocycles. The number of aromatic nitrogens is 2. The number of hydrogen-bond acceptors (Lipinski definition) is 2. The summed E-state index contributed by atoms with van der Waals surface area (Å²) >= 11 is 5.64. The largest absolute Gasteiger partial charge is 0.311 e. The van der Waals surface area contributed by atoms with E-state index in [-0.39, 0.29) is 11.8 Å². The van der Waals surface area contributed by atoms with Crippen molar-refractivity contribution in [3.8, 4) is 0 Å². The molecule has 1 heterocycles. The van der Waals surface area contributed by atoms with Crippen molar-refractivity contribution in [2.45, 2.75) is 13.8 Å². The van der Waals surface area contributed by atoms with E-state index in [1.54, 1.807) is 26.1 Å². The summed E-state index contributed by atoms with van der Waals surface area (Å²) in [6, 6.07) is 1.68. The van der Waals surface area contributed by atoms with Crippen LogP contribution in [0.3, 0.4) is 0 Å². The molecule has 1 rings (SSSR count). The molecule has 0 spiro atoms. The van der Waals surface area contributed by atoms with E-state index < -0.39 is 5.41 Å². The maximum absolute atomic E-state index is 11.5. The zero-order chi connectivity index (χ0) is 9.90. The molecule has 0 bridgehead atoms. The van der Waals surface area contributed by atoms with Crippen molar-refractivity contribution < 1.29 is 4.79 Å². The second-order valence-corrected chi connectivity index (χ2v) is 3.71. The van der Waals surface area contributed by atoms with Crippen LogP contribution in [0.5, 0.6) is 0 Å². The number of alkyl halides is 1. The smallest absolute Gasteiger partial charge is 0.232 e. The van der Waals surface area contributed by atoms with E-state index in [1.165, 1.54) is 0 Å². The maximum atomic E-state index is 11.5. The number of halogens is 1. The van der Waals surface area contributed by atoms with Crippen molar-refractivity contribution in [1.29, 1.82) is 0 Å². The van der Waals surface area contributed by atoms with Crippen molar-refractivity contribution in [2.75, 3.05) is 11.2 Å². The molecule has 2 N–H and O–H groups in total. The van der Waals surface area contributed by atoms with Gasteiger partial charge in [-0.1, -0.05) is 0 Å². The molecule has 0 aliphatic rings. The molecule has 1 aromatic rings. The molecule has 0 unspecified atom stereocenters. The summed E-state index contributed by atoms with van der Waals surface area (Å²) in [5.74, 6) is 0.752. The quantitative estimate of drug-likeness (QED) is 0.731. The van der Waals surface area contributed by atoms with Gasteiger partial charge in [0.1, 0.15) is 5.82 Å². The van der Waals surface area contributed by atoms with Gasteiger partial charge in [0, 0.05) is 11.9 Å². The third-order valence-electron chi connectivity index (χ3n) is 1.70. The number of anilines is 1. The van der Waals surface area contributed by atoms with Gasteiger partial charge in [0.25, 0.3) is 0 Å². The fourth-order valence-corrected chi connectivity index (χ4v) is 0.799. The van der Waals surface area contributed by atoms with Crippen LogP contribution in [0.2, 0.25) is 0 Å². The highest BCUT2D eigenvalue weighted by Crippen LogP contribution is 2.18. The Kier molecular flexibility index (Phi) is 2.93. The lowest BCUT2D eigenvalue weighted by molar-refractivity contribution is -0.123. The molecule has 0 saturated carbocycles. The van der Waals surface area contributed by atoms with E-state index >= 15 is 0 Å². The van der Waals surface area contributed by atoms with Gasteiger partial charge in [0.05, 0.1) is 11.6 Å². The minimum absolute atomic E-state index is 0.119. The molecule has 0 fully saturated rings. The number of hydrogen-bond donors (Lipinski definition) is 2. The Morgan fingerprint density at radius 1 is 1.77 bits per heavy atom. The van der Waals surface area contributed by atoms with Gasteiger partial charge in [-0.2, -0.15) is 5.10 Å². The highest BCUT2D eigenvalue weighted by atomic mass is 35.5. The molecule has 0 saturated heterocycles. The molecule has 13 heavy (non-hydrogen) atoms. The first kappa shape index (κ1) is 10.1. The van der Waals surface area contributed by atoms with E-state index in [2.05, 4.69) is 15.5 Å². The fourth-order valence-electron chi connectivity index (χ4n) is 0.678. The Labute approximate surface area is 81.7 Å². The summed E-state index contributed by atoms with van der Waals surface area (Å²) in [6.07, 6.45) is 1.57. The van der Waals surface area contributed by atoms with Gasteiger partial charge in [0.15, 0.2) is 0 Å². The summed E-state index contributed by atoms with van der Waals surface area (Å²) < 4.78 is 0. The minimum Gasteiger partial charge on any atom is -0.311 e. The summed E-state index contributed by atoms with van der Waals surface area (Å²) in [6.45, 7) is 3.57.